The normalized spacial score (nSPS) is 20.0. The van der Waals surface area contributed by atoms with Crippen LogP contribution in [0.3, 0.4) is 0 Å². The quantitative estimate of drug-likeness (QED) is 0.704. The summed E-state index contributed by atoms with van der Waals surface area (Å²) in [4.78, 5) is 2.23. The molecule has 1 unspecified atom stereocenters. The fourth-order valence-electron chi connectivity index (χ4n) is 1.66. The van der Waals surface area contributed by atoms with E-state index in [1.165, 1.54) is 12.8 Å². The van der Waals surface area contributed by atoms with Gasteiger partial charge in [-0.05, 0) is 45.7 Å². The van der Waals surface area contributed by atoms with Gasteiger partial charge < -0.3 is 4.90 Å². The summed E-state index contributed by atoms with van der Waals surface area (Å²) in [5, 5.41) is 4.92. The van der Waals surface area contributed by atoms with Crippen molar-refractivity contribution in [2.45, 2.75) is 32.2 Å². The Labute approximate surface area is 86.5 Å². The Morgan fingerprint density at radius 2 is 2.07 bits per heavy atom. The first-order chi connectivity index (χ1) is 6.40. The summed E-state index contributed by atoms with van der Waals surface area (Å²) >= 11 is 0. The van der Waals surface area contributed by atoms with Crippen molar-refractivity contribution in [1.82, 2.24) is 4.90 Å². The zero-order valence-electron chi connectivity index (χ0n) is 8.94. The second-order valence-corrected chi connectivity index (χ2v) is 6.01. The molecule has 2 N–H and O–H groups in total. The largest absolute Gasteiger partial charge is 0.303 e. The van der Waals surface area contributed by atoms with E-state index < -0.39 is 10.0 Å². The van der Waals surface area contributed by atoms with Crippen LogP contribution in [0, 0.1) is 5.92 Å². The standard InChI is InChI=1S/C9H20N2O2S/c1-8(9-4-5-9)11(2)6-3-7-14(10,12)13/h8-9H,3-7H2,1-2H3,(H2,10,12,13). The molecule has 1 atom stereocenters. The van der Waals surface area contributed by atoms with E-state index in [1.54, 1.807) is 0 Å². The van der Waals surface area contributed by atoms with Gasteiger partial charge in [0.1, 0.15) is 0 Å². The SMILES string of the molecule is CC(C1CC1)N(C)CCCS(N)(=O)=O. The van der Waals surface area contributed by atoms with E-state index in [0.29, 0.717) is 12.5 Å². The van der Waals surface area contributed by atoms with Crippen molar-refractivity contribution in [3.63, 3.8) is 0 Å². The molecule has 0 heterocycles. The lowest BCUT2D eigenvalue weighted by atomic mass is 10.2. The highest BCUT2D eigenvalue weighted by Gasteiger charge is 2.30. The van der Waals surface area contributed by atoms with Crippen molar-refractivity contribution in [1.29, 1.82) is 0 Å². The van der Waals surface area contributed by atoms with Gasteiger partial charge in [0.2, 0.25) is 10.0 Å². The summed E-state index contributed by atoms with van der Waals surface area (Å²) in [7, 11) is -1.23. The Morgan fingerprint density at radius 1 is 1.50 bits per heavy atom. The Morgan fingerprint density at radius 3 is 2.50 bits per heavy atom. The minimum Gasteiger partial charge on any atom is -0.303 e. The topological polar surface area (TPSA) is 63.4 Å². The second-order valence-electron chi connectivity index (χ2n) is 4.28. The Kier molecular flexibility index (Phi) is 3.92. The third-order valence-corrected chi connectivity index (χ3v) is 3.80. The first-order valence-corrected chi connectivity index (χ1v) is 6.82. The van der Waals surface area contributed by atoms with Crippen LogP contribution in [0.2, 0.25) is 0 Å². The lowest BCUT2D eigenvalue weighted by Crippen LogP contribution is -2.33. The van der Waals surface area contributed by atoms with Crippen LogP contribution in [0.4, 0.5) is 0 Å². The third-order valence-electron chi connectivity index (χ3n) is 2.94. The van der Waals surface area contributed by atoms with Crippen LogP contribution in [0.15, 0.2) is 0 Å². The van der Waals surface area contributed by atoms with Crippen molar-refractivity contribution < 1.29 is 8.42 Å². The van der Waals surface area contributed by atoms with Crippen LogP contribution >= 0.6 is 0 Å². The van der Waals surface area contributed by atoms with Crippen molar-refractivity contribution in [2.75, 3.05) is 19.3 Å². The molecule has 4 nitrogen and oxygen atoms in total. The van der Waals surface area contributed by atoms with Crippen molar-refractivity contribution in [3.05, 3.63) is 0 Å². The van der Waals surface area contributed by atoms with E-state index in [4.69, 9.17) is 5.14 Å². The number of primary sulfonamides is 1. The summed E-state index contributed by atoms with van der Waals surface area (Å²) in [6.07, 6.45) is 3.27. The van der Waals surface area contributed by atoms with Crippen LogP contribution in [0.1, 0.15) is 26.2 Å². The predicted molar refractivity (Wildman–Crippen MR) is 57.4 cm³/mol. The molecular formula is C9H20N2O2S. The van der Waals surface area contributed by atoms with E-state index in [-0.39, 0.29) is 5.75 Å². The second kappa shape index (κ2) is 4.59. The fourth-order valence-corrected chi connectivity index (χ4v) is 2.19. The van der Waals surface area contributed by atoms with Gasteiger partial charge in [-0.2, -0.15) is 0 Å². The molecule has 0 saturated heterocycles. The molecule has 1 aliphatic carbocycles. The van der Waals surface area contributed by atoms with E-state index in [2.05, 4.69) is 11.8 Å². The molecule has 0 aliphatic heterocycles. The molecule has 0 bridgehead atoms. The zero-order chi connectivity index (χ0) is 10.8. The van der Waals surface area contributed by atoms with Gasteiger partial charge >= 0.3 is 0 Å². The highest BCUT2D eigenvalue weighted by atomic mass is 32.2. The van der Waals surface area contributed by atoms with Gasteiger partial charge in [0.25, 0.3) is 0 Å². The summed E-state index contributed by atoms with van der Waals surface area (Å²) in [5.74, 6) is 0.920. The van der Waals surface area contributed by atoms with Crippen LogP contribution in [0.5, 0.6) is 0 Å². The molecule has 1 fully saturated rings. The number of rotatable bonds is 6. The first kappa shape index (κ1) is 11.9. The van der Waals surface area contributed by atoms with Gasteiger partial charge in [-0.25, -0.2) is 13.6 Å². The monoisotopic (exact) mass is 220 g/mol. The fraction of sp³-hybridized carbons (Fsp3) is 1.00. The summed E-state index contributed by atoms with van der Waals surface area (Å²) in [6, 6.07) is 0.579. The zero-order valence-corrected chi connectivity index (χ0v) is 9.76. The molecular weight excluding hydrogens is 200 g/mol. The smallest absolute Gasteiger partial charge is 0.209 e. The molecule has 1 rings (SSSR count). The van der Waals surface area contributed by atoms with Crippen LogP contribution < -0.4 is 5.14 Å². The minimum atomic E-state index is -3.28. The molecule has 0 radical (unpaired) electrons. The number of hydrogen-bond donors (Lipinski definition) is 1. The molecule has 5 heteroatoms. The van der Waals surface area contributed by atoms with Gasteiger partial charge in [0, 0.05) is 6.04 Å². The molecule has 84 valence electrons. The minimum absolute atomic E-state index is 0.0920. The summed E-state index contributed by atoms with van der Waals surface area (Å²) in [5.41, 5.74) is 0. The highest BCUT2D eigenvalue weighted by Crippen LogP contribution is 2.34. The average molecular weight is 220 g/mol. The number of nitrogens with zero attached hydrogens (tertiary/aromatic N) is 1. The Balaban J connectivity index is 2.17. The molecule has 0 aromatic heterocycles. The van der Waals surface area contributed by atoms with Gasteiger partial charge in [0.15, 0.2) is 0 Å². The third kappa shape index (κ3) is 4.39. The number of sulfonamides is 1. The number of hydrogen-bond acceptors (Lipinski definition) is 3. The van der Waals surface area contributed by atoms with Crippen LogP contribution in [-0.2, 0) is 10.0 Å². The Hall–Kier alpha value is -0.130. The lowest BCUT2D eigenvalue weighted by Gasteiger charge is -2.24. The molecule has 0 aromatic carbocycles. The van der Waals surface area contributed by atoms with Gasteiger partial charge in [-0.3, -0.25) is 0 Å². The van der Waals surface area contributed by atoms with Crippen molar-refractivity contribution >= 4 is 10.0 Å². The van der Waals surface area contributed by atoms with E-state index in [0.717, 1.165) is 12.5 Å². The van der Waals surface area contributed by atoms with Gasteiger partial charge in [-0.1, -0.05) is 0 Å². The number of nitrogens with two attached hydrogens (primary N) is 1. The molecule has 0 aromatic rings. The van der Waals surface area contributed by atoms with Crippen molar-refractivity contribution in [2.24, 2.45) is 11.1 Å². The van der Waals surface area contributed by atoms with E-state index >= 15 is 0 Å². The maximum Gasteiger partial charge on any atom is 0.209 e. The van der Waals surface area contributed by atoms with Gasteiger partial charge in [-0.15, -0.1) is 0 Å². The molecule has 14 heavy (non-hydrogen) atoms. The Bertz CT molecular complexity index is 273. The average Bonchev–Trinajstić information content (AvgIpc) is 2.82. The summed E-state index contributed by atoms with van der Waals surface area (Å²) < 4.78 is 21.4. The van der Waals surface area contributed by atoms with Crippen molar-refractivity contribution in [3.8, 4) is 0 Å². The van der Waals surface area contributed by atoms with Crippen LogP contribution in [0.25, 0.3) is 0 Å². The molecule has 0 amide bonds. The molecule has 1 aliphatic rings. The highest BCUT2D eigenvalue weighted by molar-refractivity contribution is 7.89. The van der Waals surface area contributed by atoms with E-state index in [1.807, 2.05) is 7.05 Å². The maximum atomic E-state index is 10.7. The van der Waals surface area contributed by atoms with Gasteiger partial charge in [0.05, 0.1) is 5.75 Å². The van der Waals surface area contributed by atoms with E-state index in [9.17, 15) is 8.42 Å². The predicted octanol–water partition coefficient (Wildman–Crippen LogP) is 0.395. The molecule has 1 saturated carbocycles. The summed E-state index contributed by atoms with van der Waals surface area (Å²) in [6.45, 7) is 3.02. The first-order valence-electron chi connectivity index (χ1n) is 5.11. The molecule has 0 spiro atoms. The maximum absolute atomic E-state index is 10.7. The lowest BCUT2D eigenvalue weighted by molar-refractivity contribution is 0.235. The van der Waals surface area contributed by atoms with Crippen LogP contribution in [-0.4, -0.2) is 38.7 Å².